The molecule has 0 amide bonds. The highest BCUT2D eigenvalue weighted by Gasteiger charge is 2.11. The number of hydrogen-bond acceptors (Lipinski definition) is 5. The normalized spacial score (nSPS) is 11.2. The fourth-order valence-corrected chi connectivity index (χ4v) is 1.64. The molecule has 0 spiro atoms. The van der Waals surface area contributed by atoms with E-state index in [2.05, 4.69) is 39.1 Å². The molecular formula is C10H16N6. The van der Waals surface area contributed by atoms with Crippen molar-refractivity contribution >= 4 is 22.9 Å². The van der Waals surface area contributed by atoms with Crippen molar-refractivity contribution in [3.05, 3.63) is 6.33 Å². The highest BCUT2D eigenvalue weighted by atomic mass is 15.1. The molecule has 16 heavy (non-hydrogen) atoms. The number of aromatic nitrogens is 4. The molecule has 0 aliphatic rings. The SMILES string of the molecule is CCC(CC)Nc1nc(N)nc2nc[nH]c12. The second kappa shape index (κ2) is 4.34. The van der Waals surface area contributed by atoms with Crippen LogP contribution in [0.4, 0.5) is 11.8 Å². The first-order valence-corrected chi connectivity index (χ1v) is 5.47. The summed E-state index contributed by atoms with van der Waals surface area (Å²) in [5.41, 5.74) is 7.03. The van der Waals surface area contributed by atoms with Crippen molar-refractivity contribution in [2.45, 2.75) is 32.7 Å². The van der Waals surface area contributed by atoms with Crippen LogP contribution in [-0.2, 0) is 0 Å². The van der Waals surface area contributed by atoms with Crippen LogP contribution >= 0.6 is 0 Å². The van der Waals surface area contributed by atoms with Crippen molar-refractivity contribution in [2.75, 3.05) is 11.1 Å². The van der Waals surface area contributed by atoms with Crippen molar-refractivity contribution in [3.63, 3.8) is 0 Å². The second-order valence-corrected chi connectivity index (χ2v) is 3.69. The van der Waals surface area contributed by atoms with E-state index in [-0.39, 0.29) is 5.95 Å². The summed E-state index contributed by atoms with van der Waals surface area (Å²) in [4.78, 5) is 15.3. The number of nitrogens with one attached hydrogen (secondary N) is 2. The number of nitrogens with zero attached hydrogens (tertiary/aromatic N) is 3. The molecule has 2 aromatic rings. The minimum atomic E-state index is 0.244. The van der Waals surface area contributed by atoms with Gasteiger partial charge in [0, 0.05) is 6.04 Å². The van der Waals surface area contributed by atoms with Gasteiger partial charge in [-0.05, 0) is 12.8 Å². The van der Waals surface area contributed by atoms with E-state index in [9.17, 15) is 0 Å². The van der Waals surface area contributed by atoms with E-state index in [1.54, 1.807) is 6.33 Å². The molecule has 2 heterocycles. The number of rotatable bonds is 4. The molecule has 0 saturated heterocycles. The molecule has 0 aromatic carbocycles. The Morgan fingerprint density at radius 2 is 2.12 bits per heavy atom. The quantitative estimate of drug-likeness (QED) is 0.726. The predicted octanol–water partition coefficient (Wildman–Crippen LogP) is 1.54. The highest BCUT2D eigenvalue weighted by Crippen LogP contribution is 2.19. The summed E-state index contributed by atoms with van der Waals surface area (Å²) in [6.07, 6.45) is 3.67. The van der Waals surface area contributed by atoms with E-state index in [1.165, 1.54) is 0 Å². The molecule has 0 aliphatic heterocycles. The third-order valence-electron chi connectivity index (χ3n) is 2.63. The molecule has 0 bridgehead atoms. The fourth-order valence-electron chi connectivity index (χ4n) is 1.64. The van der Waals surface area contributed by atoms with E-state index < -0.39 is 0 Å². The first kappa shape index (κ1) is 10.7. The molecule has 6 nitrogen and oxygen atoms in total. The third kappa shape index (κ3) is 1.91. The molecule has 2 aromatic heterocycles. The van der Waals surface area contributed by atoms with Crippen molar-refractivity contribution in [1.29, 1.82) is 0 Å². The maximum atomic E-state index is 5.63. The van der Waals surface area contributed by atoms with Gasteiger partial charge in [0.1, 0.15) is 5.52 Å². The Morgan fingerprint density at radius 3 is 2.81 bits per heavy atom. The van der Waals surface area contributed by atoms with Crippen LogP contribution in [-0.4, -0.2) is 26.0 Å². The number of H-pyrrole nitrogens is 1. The molecule has 6 heteroatoms. The summed E-state index contributed by atoms with van der Waals surface area (Å²) in [6, 6.07) is 0.390. The zero-order chi connectivity index (χ0) is 11.5. The standard InChI is InChI=1S/C10H16N6/c1-3-6(4-2)14-9-7-8(13-5-12-7)15-10(11)16-9/h5-6H,3-4H2,1-2H3,(H4,11,12,13,14,15,16). The molecule has 86 valence electrons. The fraction of sp³-hybridized carbons (Fsp3) is 0.500. The van der Waals surface area contributed by atoms with Gasteiger partial charge in [0.05, 0.1) is 6.33 Å². The van der Waals surface area contributed by atoms with Crippen molar-refractivity contribution < 1.29 is 0 Å². The topological polar surface area (TPSA) is 92.5 Å². The summed E-state index contributed by atoms with van der Waals surface area (Å²) >= 11 is 0. The summed E-state index contributed by atoms with van der Waals surface area (Å²) in [6.45, 7) is 4.27. The lowest BCUT2D eigenvalue weighted by Gasteiger charge is -2.15. The molecule has 0 atom stereocenters. The first-order valence-electron chi connectivity index (χ1n) is 5.47. The summed E-state index contributed by atoms with van der Waals surface area (Å²) < 4.78 is 0. The van der Waals surface area contributed by atoms with Crippen molar-refractivity contribution in [3.8, 4) is 0 Å². The largest absolute Gasteiger partial charge is 0.368 e. The van der Waals surface area contributed by atoms with Gasteiger partial charge in [-0.2, -0.15) is 9.97 Å². The summed E-state index contributed by atoms with van der Waals surface area (Å²) in [5, 5.41) is 3.35. The molecule has 0 fully saturated rings. The van der Waals surface area contributed by atoms with Gasteiger partial charge in [0.15, 0.2) is 11.5 Å². The van der Waals surface area contributed by atoms with Gasteiger partial charge in [-0.1, -0.05) is 13.8 Å². The molecular weight excluding hydrogens is 204 g/mol. The van der Waals surface area contributed by atoms with Gasteiger partial charge in [0.2, 0.25) is 5.95 Å². The number of nitrogens with two attached hydrogens (primary N) is 1. The Bertz CT molecular complexity index is 473. The van der Waals surface area contributed by atoms with Gasteiger partial charge in [0.25, 0.3) is 0 Å². The predicted molar refractivity (Wildman–Crippen MR) is 64.1 cm³/mol. The lowest BCUT2D eigenvalue weighted by atomic mass is 10.2. The van der Waals surface area contributed by atoms with Crippen LogP contribution < -0.4 is 11.1 Å². The van der Waals surface area contributed by atoms with E-state index in [0.717, 1.165) is 24.2 Å². The van der Waals surface area contributed by atoms with Gasteiger partial charge >= 0.3 is 0 Å². The minimum Gasteiger partial charge on any atom is -0.368 e. The highest BCUT2D eigenvalue weighted by molar-refractivity contribution is 5.83. The Balaban J connectivity index is 2.38. The van der Waals surface area contributed by atoms with Gasteiger partial charge < -0.3 is 16.0 Å². The minimum absolute atomic E-state index is 0.244. The smallest absolute Gasteiger partial charge is 0.224 e. The molecule has 0 unspecified atom stereocenters. The monoisotopic (exact) mass is 220 g/mol. The van der Waals surface area contributed by atoms with Crippen LogP contribution in [0.5, 0.6) is 0 Å². The van der Waals surface area contributed by atoms with Gasteiger partial charge in [-0.3, -0.25) is 0 Å². The van der Waals surface area contributed by atoms with Crippen molar-refractivity contribution in [1.82, 2.24) is 19.9 Å². The lowest BCUT2D eigenvalue weighted by Crippen LogP contribution is -2.18. The Kier molecular flexibility index (Phi) is 2.89. The summed E-state index contributed by atoms with van der Waals surface area (Å²) in [7, 11) is 0. The average Bonchev–Trinajstić information content (AvgIpc) is 2.73. The van der Waals surface area contributed by atoms with Crippen LogP contribution in [0.2, 0.25) is 0 Å². The van der Waals surface area contributed by atoms with Crippen LogP contribution in [0.25, 0.3) is 11.2 Å². The van der Waals surface area contributed by atoms with E-state index in [4.69, 9.17) is 5.73 Å². The number of imidazole rings is 1. The zero-order valence-electron chi connectivity index (χ0n) is 9.49. The first-order chi connectivity index (χ1) is 7.74. The van der Waals surface area contributed by atoms with Crippen LogP contribution in [0.3, 0.4) is 0 Å². The molecule has 0 radical (unpaired) electrons. The van der Waals surface area contributed by atoms with E-state index in [0.29, 0.717) is 11.7 Å². The van der Waals surface area contributed by atoms with E-state index in [1.807, 2.05) is 0 Å². The average molecular weight is 220 g/mol. The van der Waals surface area contributed by atoms with Crippen LogP contribution in [0, 0.1) is 0 Å². The number of fused-ring (bicyclic) bond motifs is 1. The third-order valence-corrected chi connectivity index (χ3v) is 2.63. The number of anilines is 2. The zero-order valence-corrected chi connectivity index (χ0v) is 9.49. The Morgan fingerprint density at radius 1 is 1.38 bits per heavy atom. The Hall–Kier alpha value is -1.85. The molecule has 2 rings (SSSR count). The maximum absolute atomic E-state index is 5.63. The van der Waals surface area contributed by atoms with Crippen molar-refractivity contribution in [2.24, 2.45) is 0 Å². The number of aromatic amines is 1. The van der Waals surface area contributed by atoms with Crippen LogP contribution in [0.1, 0.15) is 26.7 Å². The summed E-state index contributed by atoms with van der Waals surface area (Å²) in [5.74, 6) is 0.974. The van der Waals surface area contributed by atoms with E-state index >= 15 is 0 Å². The number of hydrogen-bond donors (Lipinski definition) is 3. The maximum Gasteiger partial charge on any atom is 0.224 e. The number of nitrogen functional groups attached to an aromatic ring is 1. The van der Waals surface area contributed by atoms with Gasteiger partial charge in [-0.25, -0.2) is 4.98 Å². The molecule has 0 saturated carbocycles. The van der Waals surface area contributed by atoms with Gasteiger partial charge in [-0.15, -0.1) is 0 Å². The Labute approximate surface area is 93.7 Å². The molecule has 4 N–H and O–H groups in total. The molecule has 0 aliphatic carbocycles. The van der Waals surface area contributed by atoms with Crippen LogP contribution in [0.15, 0.2) is 6.33 Å². The second-order valence-electron chi connectivity index (χ2n) is 3.69. The lowest BCUT2D eigenvalue weighted by molar-refractivity contribution is 0.669.